The fourth-order valence-corrected chi connectivity index (χ4v) is 2.62. The van der Waals surface area contributed by atoms with E-state index in [-0.39, 0.29) is 29.2 Å². The van der Waals surface area contributed by atoms with E-state index in [9.17, 15) is 9.59 Å². The van der Waals surface area contributed by atoms with Crippen molar-refractivity contribution in [3.63, 3.8) is 0 Å². The highest BCUT2D eigenvalue weighted by molar-refractivity contribution is 7.14. The first-order valence-electron chi connectivity index (χ1n) is 6.61. The van der Waals surface area contributed by atoms with Gasteiger partial charge in [-0.25, -0.2) is 4.79 Å². The molecule has 20 heavy (non-hydrogen) atoms. The molecule has 112 valence electrons. The van der Waals surface area contributed by atoms with Crippen molar-refractivity contribution in [2.24, 2.45) is 0 Å². The molecule has 5 nitrogen and oxygen atoms in total. The Hall–Kier alpha value is -1.56. The standard InChI is InChI=1S/C14H21NO4S/c1-5-6-10-7-11(13(20-10)14(17)18)19-8-12(16)15(4)9(2)3/h7,9H,5-6,8H2,1-4H3,(H,17,18). The topological polar surface area (TPSA) is 66.8 Å². The first-order chi connectivity index (χ1) is 9.36. The number of likely N-dealkylation sites (N-methyl/N-ethyl adjacent to an activating group) is 1. The lowest BCUT2D eigenvalue weighted by Crippen LogP contribution is -2.36. The lowest BCUT2D eigenvalue weighted by molar-refractivity contribution is -0.133. The molecule has 1 amide bonds. The first-order valence-corrected chi connectivity index (χ1v) is 7.42. The number of ether oxygens (including phenoxy) is 1. The number of amides is 1. The van der Waals surface area contributed by atoms with Gasteiger partial charge < -0.3 is 14.7 Å². The molecule has 0 aliphatic heterocycles. The van der Waals surface area contributed by atoms with Gasteiger partial charge in [0.1, 0.15) is 5.75 Å². The molecule has 1 heterocycles. The summed E-state index contributed by atoms with van der Waals surface area (Å²) in [6, 6.07) is 1.81. The number of carbonyl (C=O) groups is 2. The Morgan fingerprint density at radius 3 is 2.60 bits per heavy atom. The number of thiophene rings is 1. The molecular formula is C14H21NO4S. The second-order valence-electron chi connectivity index (χ2n) is 4.85. The molecule has 0 aliphatic rings. The average molecular weight is 299 g/mol. The van der Waals surface area contributed by atoms with Crippen LogP contribution in [0.3, 0.4) is 0 Å². The predicted molar refractivity (Wildman–Crippen MR) is 78.7 cm³/mol. The van der Waals surface area contributed by atoms with E-state index in [1.165, 1.54) is 11.3 Å². The lowest BCUT2D eigenvalue weighted by atomic mass is 10.3. The molecule has 0 saturated heterocycles. The van der Waals surface area contributed by atoms with Crippen LogP contribution in [0.5, 0.6) is 5.75 Å². The van der Waals surface area contributed by atoms with Crippen LogP contribution in [0.4, 0.5) is 0 Å². The highest BCUT2D eigenvalue weighted by Gasteiger charge is 2.19. The Bertz CT molecular complexity index is 482. The summed E-state index contributed by atoms with van der Waals surface area (Å²) in [6.45, 7) is 5.70. The van der Waals surface area contributed by atoms with Crippen LogP contribution in [0.2, 0.25) is 0 Å². The van der Waals surface area contributed by atoms with Crippen molar-refractivity contribution in [3.05, 3.63) is 15.8 Å². The number of aromatic carboxylic acids is 1. The van der Waals surface area contributed by atoms with Crippen LogP contribution in [0.25, 0.3) is 0 Å². The maximum absolute atomic E-state index is 11.8. The number of hydrogen-bond acceptors (Lipinski definition) is 4. The van der Waals surface area contributed by atoms with Crippen LogP contribution in [0.15, 0.2) is 6.07 Å². The van der Waals surface area contributed by atoms with Crippen LogP contribution in [-0.4, -0.2) is 41.6 Å². The van der Waals surface area contributed by atoms with Gasteiger partial charge in [-0.05, 0) is 26.3 Å². The molecular weight excluding hydrogens is 278 g/mol. The Balaban J connectivity index is 2.76. The zero-order valence-corrected chi connectivity index (χ0v) is 13.1. The van der Waals surface area contributed by atoms with E-state index in [4.69, 9.17) is 9.84 Å². The Labute approximate surface area is 123 Å². The molecule has 1 N–H and O–H groups in total. The largest absolute Gasteiger partial charge is 0.482 e. The van der Waals surface area contributed by atoms with E-state index in [0.29, 0.717) is 0 Å². The number of rotatable bonds is 7. The predicted octanol–water partition coefficient (Wildman–Crippen LogP) is 2.64. The summed E-state index contributed by atoms with van der Waals surface area (Å²) >= 11 is 1.21. The van der Waals surface area contributed by atoms with Crippen LogP contribution >= 0.6 is 11.3 Å². The van der Waals surface area contributed by atoms with Crippen molar-refractivity contribution in [2.45, 2.75) is 39.7 Å². The monoisotopic (exact) mass is 299 g/mol. The highest BCUT2D eigenvalue weighted by atomic mass is 32.1. The van der Waals surface area contributed by atoms with Crippen LogP contribution in [0.1, 0.15) is 41.7 Å². The van der Waals surface area contributed by atoms with Gasteiger partial charge in [-0.3, -0.25) is 4.79 Å². The number of carbonyl (C=O) groups excluding carboxylic acids is 1. The van der Waals surface area contributed by atoms with E-state index >= 15 is 0 Å². The van der Waals surface area contributed by atoms with Crippen molar-refractivity contribution in [1.82, 2.24) is 4.90 Å². The normalized spacial score (nSPS) is 10.7. The smallest absolute Gasteiger partial charge is 0.349 e. The van der Waals surface area contributed by atoms with Gasteiger partial charge in [0.05, 0.1) is 0 Å². The summed E-state index contributed by atoms with van der Waals surface area (Å²) in [5.74, 6) is -0.895. The molecule has 1 aromatic heterocycles. The quantitative estimate of drug-likeness (QED) is 0.840. The molecule has 1 rings (SSSR count). The number of nitrogens with zero attached hydrogens (tertiary/aromatic N) is 1. The minimum Gasteiger partial charge on any atom is -0.482 e. The SMILES string of the molecule is CCCc1cc(OCC(=O)N(C)C(C)C)c(C(=O)O)s1. The lowest BCUT2D eigenvalue weighted by Gasteiger charge is -2.21. The Morgan fingerprint density at radius 1 is 1.45 bits per heavy atom. The maximum Gasteiger partial charge on any atom is 0.349 e. The van der Waals surface area contributed by atoms with Gasteiger partial charge in [0.25, 0.3) is 5.91 Å². The van der Waals surface area contributed by atoms with Gasteiger partial charge >= 0.3 is 5.97 Å². The van der Waals surface area contributed by atoms with Crippen molar-refractivity contribution in [1.29, 1.82) is 0 Å². The first kappa shape index (κ1) is 16.5. The molecule has 0 bridgehead atoms. The summed E-state index contributed by atoms with van der Waals surface area (Å²) < 4.78 is 5.40. The van der Waals surface area contributed by atoms with Crippen LogP contribution in [0, 0.1) is 0 Å². The summed E-state index contributed by atoms with van der Waals surface area (Å²) in [5, 5.41) is 9.14. The molecule has 0 fully saturated rings. The van der Waals surface area contributed by atoms with Gasteiger partial charge in [-0.2, -0.15) is 0 Å². The summed E-state index contributed by atoms with van der Waals surface area (Å²) in [5.41, 5.74) is 0. The van der Waals surface area contributed by atoms with Crippen molar-refractivity contribution in [3.8, 4) is 5.75 Å². The summed E-state index contributed by atoms with van der Waals surface area (Å²) in [6.07, 6.45) is 1.75. The third-order valence-electron chi connectivity index (χ3n) is 2.96. The van der Waals surface area contributed by atoms with Gasteiger partial charge in [0.2, 0.25) is 0 Å². The zero-order chi connectivity index (χ0) is 15.3. The highest BCUT2D eigenvalue weighted by Crippen LogP contribution is 2.30. The number of carboxylic acid groups (broad SMARTS) is 1. The molecule has 0 aromatic carbocycles. The molecule has 0 aliphatic carbocycles. The van der Waals surface area contributed by atoms with E-state index in [2.05, 4.69) is 0 Å². The summed E-state index contributed by atoms with van der Waals surface area (Å²) in [7, 11) is 1.70. The van der Waals surface area contributed by atoms with Gasteiger partial charge in [0.15, 0.2) is 11.5 Å². The number of aryl methyl sites for hydroxylation is 1. The van der Waals surface area contributed by atoms with Gasteiger partial charge in [0, 0.05) is 18.0 Å². The Morgan fingerprint density at radius 2 is 2.10 bits per heavy atom. The minimum atomic E-state index is -1.02. The minimum absolute atomic E-state index is 0.0863. The molecule has 6 heteroatoms. The van der Waals surface area contributed by atoms with Crippen molar-refractivity contribution >= 4 is 23.2 Å². The van der Waals surface area contributed by atoms with E-state index in [1.54, 1.807) is 18.0 Å². The molecule has 0 radical (unpaired) electrons. The summed E-state index contributed by atoms with van der Waals surface area (Å²) in [4.78, 5) is 25.7. The molecule has 0 saturated carbocycles. The van der Waals surface area contributed by atoms with Crippen LogP contribution in [-0.2, 0) is 11.2 Å². The number of hydrogen-bond donors (Lipinski definition) is 1. The fourth-order valence-electron chi connectivity index (χ4n) is 1.58. The molecule has 0 unspecified atom stereocenters. The second kappa shape index (κ2) is 7.28. The number of carboxylic acids is 1. The molecule has 0 atom stereocenters. The zero-order valence-electron chi connectivity index (χ0n) is 12.3. The second-order valence-corrected chi connectivity index (χ2v) is 5.99. The van der Waals surface area contributed by atoms with E-state index in [1.807, 2.05) is 20.8 Å². The fraction of sp³-hybridized carbons (Fsp3) is 0.571. The van der Waals surface area contributed by atoms with Crippen molar-refractivity contribution < 1.29 is 19.4 Å². The van der Waals surface area contributed by atoms with Crippen LogP contribution < -0.4 is 4.74 Å². The molecule has 0 spiro atoms. The maximum atomic E-state index is 11.8. The average Bonchev–Trinajstić information content (AvgIpc) is 2.78. The van der Waals surface area contributed by atoms with Crippen molar-refractivity contribution in [2.75, 3.05) is 13.7 Å². The van der Waals surface area contributed by atoms with E-state index < -0.39 is 5.97 Å². The Kier molecular flexibility index (Phi) is 6.01. The molecule has 1 aromatic rings. The van der Waals surface area contributed by atoms with Gasteiger partial charge in [-0.15, -0.1) is 11.3 Å². The third kappa shape index (κ3) is 4.23. The third-order valence-corrected chi connectivity index (χ3v) is 4.12. The van der Waals surface area contributed by atoms with E-state index in [0.717, 1.165) is 17.7 Å². The van der Waals surface area contributed by atoms with Gasteiger partial charge in [-0.1, -0.05) is 13.3 Å².